The standard InChI is InChI=1S/C18H34N4O.HI/c1-19-17(21-16-6-5-7-16)20-14-18(8-3-2-4-9-18)15-22-10-12-23-13-11-22;/h16H,2-15H2,1H3,(H2,19,20,21);1H. The van der Waals surface area contributed by atoms with E-state index < -0.39 is 0 Å². The van der Waals surface area contributed by atoms with Crippen molar-refractivity contribution in [3.8, 4) is 0 Å². The van der Waals surface area contributed by atoms with E-state index in [2.05, 4.69) is 20.5 Å². The van der Waals surface area contributed by atoms with Crippen molar-refractivity contribution in [2.45, 2.75) is 57.4 Å². The normalized spacial score (nSPS) is 25.5. The highest BCUT2D eigenvalue weighted by Crippen LogP contribution is 2.36. The molecule has 3 aliphatic rings. The second kappa shape index (κ2) is 10.2. The molecule has 0 atom stereocenters. The van der Waals surface area contributed by atoms with Crippen LogP contribution in [0.15, 0.2) is 4.99 Å². The molecule has 0 bridgehead atoms. The van der Waals surface area contributed by atoms with Crippen molar-refractivity contribution in [1.29, 1.82) is 0 Å². The Hall–Kier alpha value is -0.0800. The zero-order chi connectivity index (χ0) is 16.0. The van der Waals surface area contributed by atoms with Gasteiger partial charge in [-0.05, 0) is 32.1 Å². The van der Waals surface area contributed by atoms with Crippen LogP contribution >= 0.6 is 24.0 Å². The van der Waals surface area contributed by atoms with E-state index in [0.717, 1.165) is 38.8 Å². The summed E-state index contributed by atoms with van der Waals surface area (Å²) >= 11 is 0. The van der Waals surface area contributed by atoms with Crippen LogP contribution in [0.4, 0.5) is 0 Å². The molecule has 3 fully saturated rings. The lowest BCUT2D eigenvalue weighted by molar-refractivity contribution is 0.00818. The fourth-order valence-electron chi connectivity index (χ4n) is 4.14. The van der Waals surface area contributed by atoms with Crippen molar-refractivity contribution in [2.24, 2.45) is 10.4 Å². The number of halogens is 1. The van der Waals surface area contributed by atoms with Gasteiger partial charge in [0.25, 0.3) is 0 Å². The third-order valence-corrected chi connectivity index (χ3v) is 5.88. The SMILES string of the molecule is CN=C(NCC1(CN2CCOCC2)CCCCC1)NC1CCC1.I. The molecule has 2 aliphatic carbocycles. The molecule has 1 saturated heterocycles. The van der Waals surface area contributed by atoms with Crippen molar-refractivity contribution < 1.29 is 4.74 Å². The predicted molar refractivity (Wildman–Crippen MR) is 110 cm³/mol. The lowest BCUT2D eigenvalue weighted by atomic mass is 9.73. The van der Waals surface area contributed by atoms with Crippen LogP contribution in [0.3, 0.4) is 0 Å². The van der Waals surface area contributed by atoms with Gasteiger partial charge in [0, 0.05) is 44.7 Å². The van der Waals surface area contributed by atoms with Crippen LogP contribution in [0.1, 0.15) is 51.4 Å². The summed E-state index contributed by atoms with van der Waals surface area (Å²) in [5, 5.41) is 7.22. The maximum atomic E-state index is 5.51. The number of nitrogens with one attached hydrogen (secondary N) is 2. The molecule has 0 spiro atoms. The summed E-state index contributed by atoms with van der Waals surface area (Å²) < 4.78 is 5.51. The summed E-state index contributed by atoms with van der Waals surface area (Å²) in [6, 6.07) is 0.641. The molecule has 6 heteroatoms. The van der Waals surface area contributed by atoms with E-state index in [9.17, 15) is 0 Å². The van der Waals surface area contributed by atoms with Gasteiger partial charge in [-0.2, -0.15) is 0 Å². The summed E-state index contributed by atoms with van der Waals surface area (Å²) in [4.78, 5) is 7.04. The molecule has 1 heterocycles. The monoisotopic (exact) mass is 450 g/mol. The van der Waals surface area contributed by atoms with Crippen LogP contribution in [0.2, 0.25) is 0 Å². The largest absolute Gasteiger partial charge is 0.379 e. The molecular weight excluding hydrogens is 415 g/mol. The zero-order valence-corrected chi connectivity index (χ0v) is 17.5. The molecule has 3 rings (SSSR count). The average Bonchev–Trinajstić information content (AvgIpc) is 2.55. The molecule has 1 aliphatic heterocycles. The van der Waals surface area contributed by atoms with E-state index >= 15 is 0 Å². The Morgan fingerprint density at radius 1 is 1.12 bits per heavy atom. The van der Waals surface area contributed by atoms with Gasteiger partial charge in [0.1, 0.15) is 0 Å². The summed E-state index contributed by atoms with van der Waals surface area (Å²) in [6.45, 7) is 6.25. The fourth-order valence-corrected chi connectivity index (χ4v) is 4.14. The van der Waals surface area contributed by atoms with Gasteiger partial charge in [0.15, 0.2) is 5.96 Å². The van der Waals surface area contributed by atoms with Crippen LogP contribution in [0, 0.1) is 5.41 Å². The van der Waals surface area contributed by atoms with Gasteiger partial charge in [-0.25, -0.2) is 0 Å². The van der Waals surface area contributed by atoms with Crippen LogP contribution in [-0.4, -0.2) is 63.3 Å². The highest BCUT2D eigenvalue weighted by molar-refractivity contribution is 14.0. The number of hydrogen-bond donors (Lipinski definition) is 2. The minimum atomic E-state index is 0. The first-order valence-electron chi connectivity index (χ1n) is 9.57. The van der Waals surface area contributed by atoms with Gasteiger partial charge in [-0.1, -0.05) is 19.3 Å². The van der Waals surface area contributed by atoms with Crippen molar-refractivity contribution in [2.75, 3.05) is 46.4 Å². The number of aliphatic imine (C=N–C) groups is 1. The lowest BCUT2D eigenvalue weighted by Crippen LogP contribution is -2.53. The van der Waals surface area contributed by atoms with E-state index in [4.69, 9.17) is 4.74 Å². The van der Waals surface area contributed by atoms with Crippen molar-refractivity contribution in [3.05, 3.63) is 0 Å². The zero-order valence-electron chi connectivity index (χ0n) is 15.2. The maximum Gasteiger partial charge on any atom is 0.191 e. The molecule has 0 aromatic heterocycles. The Labute approximate surface area is 164 Å². The quantitative estimate of drug-likeness (QED) is 0.384. The Balaban J connectivity index is 0.00000208. The van der Waals surface area contributed by atoms with Crippen LogP contribution < -0.4 is 10.6 Å². The van der Waals surface area contributed by atoms with Crippen LogP contribution in [0.25, 0.3) is 0 Å². The van der Waals surface area contributed by atoms with E-state index in [1.165, 1.54) is 57.9 Å². The molecule has 140 valence electrons. The first kappa shape index (κ1) is 20.2. The van der Waals surface area contributed by atoms with Crippen LogP contribution in [0.5, 0.6) is 0 Å². The third-order valence-electron chi connectivity index (χ3n) is 5.88. The average molecular weight is 450 g/mol. The lowest BCUT2D eigenvalue weighted by Gasteiger charge is -2.42. The number of guanidine groups is 1. The third kappa shape index (κ3) is 5.73. The minimum Gasteiger partial charge on any atom is -0.379 e. The van der Waals surface area contributed by atoms with Crippen molar-refractivity contribution in [3.63, 3.8) is 0 Å². The number of rotatable bonds is 5. The summed E-state index contributed by atoms with van der Waals surface area (Å²) in [6.07, 6.45) is 10.8. The number of morpholine rings is 1. The Morgan fingerprint density at radius 3 is 2.42 bits per heavy atom. The highest BCUT2D eigenvalue weighted by Gasteiger charge is 2.34. The molecule has 0 aromatic carbocycles. The second-order valence-electron chi connectivity index (χ2n) is 7.65. The Kier molecular flexibility index (Phi) is 8.57. The number of nitrogens with zero attached hydrogens (tertiary/aromatic N) is 2. The fraction of sp³-hybridized carbons (Fsp3) is 0.944. The smallest absolute Gasteiger partial charge is 0.191 e. The number of hydrogen-bond acceptors (Lipinski definition) is 3. The maximum absolute atomic E-state index is 5.51. The first-order chi connectivity index (χ1) is 11.3. The highest BCUT2D eigenvalue weighted by atomic mass is 127. The van der Waals surface area contributed by atoms with Gasteiger partial charge in [-0.3, -0.25) is 9.89 Å². The second-order valence-corrected chi connectivity index (χ2v) is 7.65. The Bertz CT molecular complexity index is 388. The van der Waals surface area contributed by atoms with Gasteiger partial charge in [-0.15, -0.1) is 24.0 Å². The molecule has 2 N–H and O–H groups in total. The van der Waals surface area contributed by atoms with Crippen molar-refractivity contribution >= 4 is 29.9 Å². The van der Waals surface area contributed by atoms with Crippen molar-refractivity contribution in [1.82, 2.24) is 15.5 Å². The Morgan fingerprint density at radius 2 is 1.83 bits per heavy atom. The molecule has 0 unspecified atom stereocenters. The van der Waals surface area contributed by atoms with Gasteiger partial charge in [0.05, 0.1) is 13.2 Å². The van der Waals surface area contributed by atoms with E-state index in [1.807, 2.05) is 7.05 Å². The topological polar surface area (TPSA) is 48.9 Å². The van der Waals surface area contributed by atoms with E-state index in [1.54, 1.807) is 0 Å². The van der Waals surface area contributed by atoms with E-state index in [0.29, 0.717) is 11.5 Å². The summed E-state index contributed by atoms with van der Waals surface area (Å²) in [5.74, 6) is 1.00. The van der Waals surface area contributed by atoms with Gasteiger partial charge in [0.2, 0.25) is 0 Å². The predicted octanol–water partition coefficient (Wildman–Crippen LogP) is 2.60. The summed E-state index contributed by atoms with van der Waals surface area (Å²) in [5.41, 5.74) is 0.410. The molecule has 0 amide bonds. The van der Waals surface area contributed by atoms with Gasteiger partial charge >= 0.3 is 0 Å². The molecule has 5 nitrogen and oxygen atoms in total. The first-order valence-corrected chi connectivity index (χ1v) is 9.57. The molecule has 0 radical (unpaired) electrons. The van der Waals surface area contributed by atoms with Gasteiger partial charge < -0.3 is 15.4 Å². The molecule has 24 heavy (non-hydrogen) atoms. The van der Waals surface area contributed by atoms with Crippen LogP contribution in [-0.2, 0) is 4.74 Å². The number of ether oxygens (including phenoxy) is 1. The molecule has 0 aromatic rings. The van der Waals surface area contributed by atoms with E-state index in [-0.39, 0.29) is 24.0 Å². The molecule has 2 saturated carbocycles. The minimum absolute atomic E-state index is 0. The molecular formula is C18H35IN4O. The summed E-state index contributed by atoms with van der Waals surface area (Å²) in [7, 11) is 1.89.